The fraction of sp³-hybridized carbons (Fsp3) is 0.462. The van der Waals surface area contributed by atoms with Gasteiger partial charge in [-0.3, -0.25) is 0 Å². The van der Waals surface area contributed by atoms with Gasteiger partial charge in [-0.05, 0) is 67.8 Å². The molecule has 0 spiro atoms. The summed E-state index contributed by atoms with van der Waals surface area (Å²) < 4.78 is 5.87. The summed E-state index contributed by atoms with van der Waals surface area (Å²) in [4.78, 5) is 0. The quantitative estimate of drug-likeness (QED) is 0.181. The second-order valence-electron chi connectivity index (χ2n) is 7.73. The predicted molar refractivity (Wildman–Crippen MR) is 130 cm³/mol. The SMILES string of the molecule is CCCCCCCCCCOc1ccc(/C(C)=N/N=C(\C)c2ccc(Cl)cc2)cc1. The van der Waals surface area contributed by atoms with Crippen LogP contribution in [0.15, 0.2) is 58.7 Å². The Bertz CT molecular complexity index is 795. The summed E-state index contributed by atoms with van der Waals surface area (Å²) in [6, 6.07) is 15.7. The van der Waals surface area contributed by atoms with Crippen molar-refractivity contribution in [2.24, 2.45) is 10.2 Å². The third-order valence-electron chi connectivity index (χ3n) is 5.15. The lowest BCUT2D eigenvalue weighted by Gasteiger charge is -2.07. The number of unbranched alkanes of at least 4 members (excludes halogenated alkanes) is 7. The first-order valence-electron chi connectivity index (χ1n) is 11.2. The van der Waals surface area contributed by atoms with E-state index in [9.17, 15) is 0 Å². The molecule has 0 aliphatic carbocycles. The smallest absolute Gasteiger partial charge is 0.119 e. The van der Waals surface area contributed by atoms with Crippen LogP contribution in [0.25, 0.3) is 0 Å². The Morgan fingerprint density at radius 3 is 1.70 bits per heavy atom. The van der Waals surface area contributed by atoms with E-state index in [1.807, 2.05) is 62.4 Å². The van der Waals surface area contributed by atoms with E-state index in [-0.39, 0.29) is 0 Å². The molecule has 0 heterocycles. The molecule has 0 saturated heterocycles. The summed E-state index contributed by atoms with van der Waals surface area (Å²) >= 11 is 5.93. The van der Waals surface area contributed by atoms with Crippen LogP contribution >= 0.6 is 11.6 Å². The Balaban J connectivity index is 1.74. The Labute approximate surface area is 187 Å². The molecular formula is C26H35ClN2O. The van der Waals surface area contributed by atoms with Gasteiger partial charge >= 0.3 is 0 Å². The molecule has 0 aliphatic rings. The standard InChI is InChI=1S/C26H35ClN2O/c1-4-5-6-7-8-9-10-11-20-30-26-18-14-24(15-19-26)22(3)29-28-21(2)23-12-16-25(27)17-13-23/h12-19H,4-11,20H2,1-3H3/b28-21+,29-22+. The molecule has 0 atom stereocenters. The normalized spacial score (nSPS) is 12.3. The van der Waals surface area contributed by atoms with Crippen molar-refractivity contribution in [3.05, 3.63) is 64.7 Å². The summed E-state index contributed by atoms with van der Waals surface area (Å²) in [5.41, 5.74) is 3.79. The molecule has 162 valence electrons. The van der Waals surface area contributed by atoms with Crippen molar-refractivity contribution in [3.63, 3.8) is 0 Å². The minimum absolute atomic E-state index is 0.718. The number of hydrogen-bond donors (Lipinski definition) is 0. The van der Waals surface area contributed by atoms with Gasteiger partial charge < -0.3 is 4.74 Å². The van der Waals surface area contributed by atoms with E-state index in [0.29, 0.717) is 0 Å². The average molecular weight is 427 g/mol. The lowest BCUT2D eigenvalue weighted by molar-refractivity contribution is 0.304. The molecule has 0 saturated carbocycles. The molecule has 0 fully saturated rings. The number of benzene rings is 2. The van der Waals surface area contributed by atoms with Gasteiger partial charge in [-0.25, -0.2) is 0 Å². The summed E-state index contributed by atoms with van der Waals surface area (Å²) in [5.74, 6) is 0.912. The summed E-state index contributed by atoms with van der Waals surface area (Å²) in [6.45, 7) is 6.96. The first kappa shape index (κ1) is 24.1. The van der Waals surface area contributed by atoms with Crippen LogP contribution in [0.4, 0.5) is 0 Å². The van der Waals surface area contributed by atoms with Crippen LogP contribution in [0.1, 0.15) is 83.3 Å². The molecule has 0 amide bonds. The minimum atomic E-state index is 0.718. The van der Waals surface area contributed by atoms with Gasteiger partial charge in [-0.2, -0.15) is 10.2 Å². The van der Waals surface area contributed by atoms with Gasteiger partial charge in [0.2, 0.25) is 0 Å². The summed E-state index contributed by atoms with van der Waals surface area (Å²) in [5, 5.41) is 9.45. The van der Waals surface area contributed by atoms with E-state index < -0.39 is 0 Å². The first-order chi connectivity index (χ1) is 14.6. The van der Waals surface area contributed by atoms with Crippen LogP contribution in [-0.2, 0) is 0 Å². The van der Waals surface area contributed by atoms with Gasteiger partial charge in [0.1, 0.15) is 5.75 Å². The van der Waals surface area contributed by atoms with Crippen LogP contribution in [0.2, 0.25) is 5.02 Å². The predicted octanol–water partition coefficient (Wildman–Crippen LogP) is 8.09. The van der Waals surface area contributed by atoms with Crippen molar-refractivity contribution >= 4 is 23.0 Å². The number of rotatable bonds is 13. The lowest BCUT2D eigenvalue weighted by Crippen LogP contribution is -1.99. The Kier molecular flexibility index (Phi) is 11.2. The zero-order valence-electron chi connectivity index (χ0n) is 18.7. The van der Waals surface area contributed by atoms with E-state index in [1.54, 1.807) is 0 Å². The third-order valence-corrected chi connectivity index (χ3v) is 5.40. The maximum absolute atomic E-state index is 5.93. The average Bonchev–Trinajstić information content (AvgIpc) is 2.77. The maximum atomic E-state index is 5.93. The topological polar surface area (TPSA) is 34.0 Å². The molecule has 2 aromatic rings. The van der Waals surface area contributed by atoms with E-state index >= 15 is 0 Å². The molecule has 0 N–H and O–H groups in total. The van der Waals surface area contributed by atoms with Crippen molar-refractivity contribution in [2.75, 3.05) is 6.61 Å². The molecule has 2 aromatic carbocycles. The number of nitrogens with zero attached hydrogens (tertiary/aromatic N) is 2. The highest BCUT2D eigenvalue weighted by atomic mass is 35.5. The lowest BCUT2D eigenvalue weighted by atomic mass is 10.1. The van der Waals surface area contributed by atoms with Crippen molar-refractivity contribution in [1.29, 1.82) is 0 Å². The zero-order chi connectivity index (χ0) is 21.6. The van der Waals surface area contributed by atoms with Crippen molar-refractivity contribution in [1.82, 2.24) is 0 Å². The minimum Gasteiger partial charge on any atom is -0.494 e. The molecule has 30 heavy (non-hydrogen) atoms. The van der Waals surface area contributed by atoms with Gasteiger partial charge in [0.05, 0.1) is 18.0 Å². The van der Waals surface area contributed by atoms with E-state index in [0.717, 1.165) is 46.4 Å². The number of hydrogen-bond acceptors (Lipinski definition) is 3. The fourth-order valence-corrected chi connectivity index (χ4v) is 3.30. The van der Waals surface area contributed by atoms with E-state index in [4.69, 9.17) is 16.3 Å². The molecule has 0 aromatic heterocycles. The van der Waals surface area contributed by atoms with Crippen LogP contribution in [0.3, 0.4) is 0 Å². The highest BCUT2D eigenvalue weighted by molar-refractivity contribution is 6.30. The molecule has 0 aliphatic heterocycles. The van der Waals surface area contributed by atoms with Crippen molar-refractivity contribution < 1.29 is 4.74 Å². The summed E-state index contributed by atoms with van der Waals surface area (Å²) in [6.07, 6.45) is 10.5. The number of halogens is 1. The van der Waals surface area contributed by atoms with E-state index in [1.165, 1.54) is 44.9 Å². The van der Waals surface area contributed by atoms with Crippen LogP contribution < -0.4 is 4.74 Å². The first-order valence-corrected chi connectivity index (χ1v) is 11.6. The summed E-state index contributed by atoms with van der Waals surface area (Å²) in [7, 11) is 0. The second kappa shape index (κ2) is 14.0. The molecule has 0 radical (unpaired) electrons. The Morgan fingerprint density at radius 1 is 0.700 bits per heavy atom. The highest BCUT2D eigenvalue weighted by Gasteiger charge is 2.01. The van der Waals surface area contributed by atoms with Gasteiger partial charge in [-0.15, -0.1) is 0 Å². The highest BCUT2D eigenvalue weighted by Crippen LogP contribution is 2.15. The van der Waals surface area contributed by atoms with Crippen LogP contribution in [0, 0.1) is 0 Å². The third kappa shape index (κ3) is 9.13. The largest absolute Gasteiger partial charge is 0.494 e. The molecule has 0 bridgehead atoms. The van der Waals surface area contributed by atoms with Gasteiger partial charge in [-0.1, -0.05) is 75.6 Å². The molecule has 0 unspecified atom stereocenters. The van der Waals surface area contributed by atoms with Crippen LogP contribution in [-0.4, -0.2) is 18.0 Å². The molecule has 4 heteroatoms. The Hall–Kier alpha value is -2.13. The molecular weight excluding hydrogens is 392 g/mol. The fourth-order valence-electron chi connectivity index (χ4n) is 3.17. The molecule has 2 rings (SSSR count). The van der Waals surface area contributed by atoms with Gasteiger partial charge in [0.15, 0.2) is 0 Å². The van der Waals surface area contributed by atoms with Crippen molar-refractivity contribution in [2.45, 2.75) is 72.1 Å². The zero-order valence-corrected chi connectivity index (χ0v) is 19.4. The number of ether oxygens (including phenoxy) is 1. The van der Waals surface area contributed by atoms with Gasteiger partial charge in [0, 0.05) is 5.02 Å². The monoisotopic (exact) mass is 426 g/mol. The van der Waals surface area contributed by atoms with Crippen molar-refractivity contribution in [3.8, 4) is 5.75 Å². The molecule has 3 nitrogen and oxygen atoms in total. The Morgan fingerprint density at radius 2 is 1.17 bits per heavy atom. The van der Waals surface area contributed by atoms with E-state index in [2.05, 4.69) is 17.1 Å². The maximum Gasteiger partial charge on any atom is 0.119 e. The van der Waals surface area contributed by atoms with Crippen LogP contribution in [0.5, 0.6) is 5.75 Å². The second-order valence-corrected chi connectivity index (χ2v) is 8.16. The van der Waals surface area contributed by atoms with Gasteiger partial charge in [0.25, 0.3) is 0 Å².